The Labute approximate surface area is 175 Å². The molecule has 0 radical (unpaired) electrons. The van der Waals surface area contributed by atoms with E-state index in [0.717, 1.165) is 52.3 Å². The van der Waals surface area contributed by atoms with Gasteiger partial charge in [-0.3, -0.25) is 9.58 Å². The average Bonchev–Trinajstić information content (AvgIpc) is 3.52. The van der Waals surface area contributed by atoms with Gasteiger partial charge >= 0.3 is 0 Å². The van der Waals surface area contributed by atoms with Gasteiger partial charge in [-0.15, -0.1) is 10.2 Å². The van der Waals surface area contributed by atoms with Crippen molar-refractivity contribution in [1.29, 1.82) is 0 Å². The number of anilines is 1. The van der Waals surface area contributed by atoms with Crippen molar-refractivity contribution in [3.05, 3.63) is 47.7 Å². The summed E-state index contributed by atoms with van der Waals surface area (Å²) in [4.78, 5) is 2.59. The number of rotatable bonds is 5. The standard InChI is InChI=1S/C23H26N6O/c1-14-10-24-28(2)23(14)20-4-6-22(27-26-20)25-18-7-15-11-29(12-16(15)8-18)13-17-9-19-3-5-21(17)30-19/h3-6,9-10,15-16,18H,7-8,11-13H2,1-2H3,(H,25,27)/t15-,16+,18+. The van der Waals surface area contributed by atoms with Crippen molar-refractivity contribution in [2.45, 2.75) is 32.4 Å². The van der Waals surface area contributed by atoms with E-state index in [4.69, 9.17) is 4.42 Å². The minimum Gasteiger partial charge on any atom is -0.457 e. The monoisotopic (exact) mass is 402 g/mol. The molecular weight excluding hydrogens is 376 g/mol. The molecule has 0 spiro atoms. The van der Waals surface area contributed by atoms with E-state index in [1.165, 1.54) is 31.5 Å². The Morgan fingerprint density at radius 2 is 1.93 bits per heavy atom. The number of likely N-dealkylation sites (tertiary alicyclic amines) is 1. The van der Waals surface area contributed by atoms with Crippen molar-refractivity contribution >= 4 is 17.0 Å². The predicted molar refractivity (Wildman–Crippen MR) is 115 cm³/mol. The lowest BCUT2D eigenvalue weighted by atomic mass is 10.0. The van der Waals surface area contributed by atoms with Crippen LogP contribution >= 0.6 is 0 Å². The lowest BCUT2D eigenvalue weighted by Gasteiger charge is -2.19. The summed E-state index contributed by atoms with van der Waals surface area (Å²) in [5.41, 5.74) is 6.37. The normalized spacial score (nSPS) is 24.1. The van der Waals surface area contributed by atoms with E-state index in [1.807, 2.05) is 43.0 Å². The smallest absolute Gasteiger partial charge is 0.148 e. The minimum absolute atomic E-state index is 0.485. The van der Waals surface area contributed by atoms with E-state index in [9.17, 15) is 0 Å². The zero-order chi connectivity index (χ0) is 20.2. The lowest BCUT2D eigenvalue weighted by Crippen LogP contribution is -2.25. The molecule has 6 rings (SSSR count). The molecule has 3 atom stereocenters. The molecule has 1 saturated carbocycles. The summed E-state index contributed by atoms with van der Waals surface area (Å²) in [6.45, 7) is 5.41. The van der Waals surface area contributed by atoms with Gasteiger partial charge in [0.25, 0.3) is 0 Å². The fourth-order valence-corrected chi connectivity index (χ4v) is 5.51. The third kappa shape index (κ3) is 3.04. The number of nitrogens with zero attached hydrogens (tertiary/aromatic N) is 5. The predicted octanol–water partition coefficient (Wildman–Crippen LogP) is 3.69. The second-order valence-electron chi connectivity index (χ2n) is 9.00. The molecule has 2 aliphatic rings. The SMILES string of the molecule is Cc1cnn(C)c1-c1ccc(N[C@H]2C[C@@H]3CN(Cc4cc5ccc4o5)C[C@@H]3C2)nn1. The first-order valence-corrected chi connectivity index (χ1v) is 10.7. The van der Waals surface area contributed by atoms with Crippen LogP contribution in [0.1, 0.15) is 24.0 Å². The second kappa shape index (κ2) is 6.80. The van der Waals surface area contributed by atoms with Gasteiger partial charge in [-0.2, -0.15) is 5.10 Å². The minimum atomic E-state index is 0.485. The topological polar surface area (TPSA) is 72.0 Å². The van der Waals surface area contributed by atoms with Gasteiger partial charge in [-0.25, -0.2) is 0 Å². The van der Waals surface area contributed by atoms with Crippen LogP contribution in [0, 0.1) is 18.8 Å². The Morgan fingerprint density at radius 1 is 1.10 bits per heavy atom. The van der Waals surface area contributed by atoms with Crippen molar-refractivity contribution in [2.24, 2.45) is 18.9 Å². The molecule has 5 heterocycles. The van der Waals surface area contributed by atoms with E-state index < -0.39 is 0 Å². The highest BCUT2D eigenvalue weighted by molar-refractivity contribution is 5.65. The van der Waals surface area contributed by atoms with Crippen LogP contribution < -0.4 is 5.32 Å². The van der Waals surface area contributed by atoms with Crippen molar-refractivity contribution < 1.29 is 4.42 Å². The third-order valence-corrected chi connectivity index (χ3v) is 6.86. The van der Waals surface area contributed by atoms with E-state index in [2.05, 4.69) is 37.6 Å². The van der Waals surface area contributed by atoms with Crippen LogP contribution in [-0.4, -0.2) is 44.0 Å². The molecule has 154 valence electrons. The zero-order valence-electron chi connectivity index (χ0n) is 17.4. The summed E-state index contributed by atoms with van der Waals surface area (Å²) in [7, 11) is 1.94. The molecule has 30 heavy (non-hydrogen) atoms. The molecule has 4 aromatic rings. The van der Waals surface area contributed by atoms with Crippen LogP contribution in [0.4, 0.5) is 5.82 Å². The number of aromatic nitrogens is 4. The van der Waals surface area contributed by atoms with E-state index in [0.29, 0.717) is 6.04 Å². The fourth-order valence-electron chi connectivity index (χ4n) is 5.51. The zero-order valence-corrected chi connectivity index (χ0v) is 17.4. The maximum Gasteiger partial charge on any atom is 0.148 e. The van der Waals surface area contributed by atoms with Gasteiger partial charge in [0, 0.05) is 38.3 Å². The van der Waals surface area contributed by atoms with Gasteiger partial charge in [0.15, 0.2) is 0 Å². The van der Waals surface area contributed by atoms with E-state index in [1.54, 1.807) is 0 Å². The molecule has 0 aromatic carbocycles. The molecular formula is C23H26N6O. The molecule has 1 N–H and O–H groups in total. The maximum atomic E-state index is 5.69. The van der Waals surface area contributed by atoms with Crippen LogP contribution in [0.25, 0.3) is 22.6 Å². The third-order valence-electron chi connectivity index (χ3n) is 6.86. The summed E-state index contributed by atoms with van der Waals surface area (Å²) in [6.07, 6.45) is 4.27. The van der Waals surface area contributed by atoms with Gasteiger partial charge in [0.1, 0.15) is 22.7 Å². The summed E-state index contributed by atoms with van der Waals surface area (Å²) in [6, 6.07) is 10.9. The molecule has 2 fully saturated rings. The van der Waals surface area contributed by atoms with Crippen molar-refractivity contribution in [2.75, 3.05) is 18.4 Å². The van der Waals surface area contributed by atoms with E-state index in [-0.39, 0.29) is 0 Å². The van der Waals surface area contributed by atoms with Gasteiger partial charge < -0.3 is 9.73 Å². The maximum absolute atomic E-state index is 5.69. The molecule has 7 nitrogen and oxygen atoms in total. The number of nitrogens with one attached hydrogen (secondary N) is 1. The highest BCUT2D eigenvalue weighted by Crippen LogP contribution is 2.40. The Bertz CT molecular complexity index is 1130. The number of benzene rings is 1. The summed E-state index contributed by atoms with van der Waals surface area (Å²) in [5.74, 6) is 2.39. The van der Waals surface area contributed by atoms with Crippen LogP contribution in [-0.2, 0) is 13.6 Å². The number of fused-ring (bicyclic) bond motifs is 3. The molecule has 2 bridgehead atoms. The Balaban J connectivity index is 1.06. The Morgan fingerprint density at radius 3 is 2.53 bits per heavy atom. The number of furan rings is 2. The first kappa shape index (κ1) is 17.9. The van der Waals surface area contributed by atoms with Gasteiger partial charge in [-0.1, -0.05) is 0 Å². The average molecular weight is 403 g/mol. The number of hydrogen-bond donors (Lipinski definition) is 1. The van der Waals surface area contributed by atoms with Gasteiger partial charge in [0.05, 0.1) is 11.9 Å². The second-order valence-corrected chi connectivity index (χ2v) is 9.00. The van der Waals surface area contributed by atoms with Crippen LogP contribution in [0.2, 0.25) is 0 Å². The molecule has 0 unspecified atom stereocenters. The Hall–Kier alpha value is -2.93. The fraction of sp³-hybridized carbons (Fsp3) is 0.435. The lowest BCUT2D eigenvalue weighted by molar-refractivity contribution is 0.301. The molecule has 0 amide bonds. The quantitative estimate of drug-likeness (QED) is 0.549. The van der Waals surface area contributed by atoms with Crippen LogP contribution in [0.3, 0.4) is 0 Å². The Kier molecular flexibility index (Phi) is 4.06. The summed E-state index contributed by atoms with van der Waals surface area (Å²) < 4.78 is 7.54. The van der Waals surface area contributed by atoms with E-state index >= 15 is 0 Å². The van der Waals surface area contributed by atoms with Crippen molar-refractivity contribution in [3.8, 4) is 11.4 Å². The van der Waals surface area contributed by atoms with Crippen molar-refractivity contribution in [3.63, 3.8) is 0 Å². The summed E-state index contributed by atoms with van der Waals surface area (Å²) >= 11 is 0. The van der Waals surface area contributed by atoms with Crippen LogP contribution in [0.5, 0.6) is 0 Å². The first-order valence-electron chi connectivity index (χ1n) is 10.7. The van der Waals surface area contributed by atoms with Gasteiger partial charge in [-0.05, 0) is 67.5 Å². The summed E-state index contributed by atoms with van der Waals surface area (Å²) in [5, 5.41) is 16.8. The molecule has 1 aliphatic carbocycles. The first-order chi connectivity index (χ1) is 14.6. The number of hydrogen-bond acceptors (Lipinski definition) is 6. The highest BCUT2D eigenvalue weighted by atomic mass is 16.3. The molecule has 1 saturated heterocycles. The highest BCUT2D eigenvalue weighted by Gasteiger charge is 2.41. The molecule has 4 aromatic heterocycles. The van der Waals surface area contributed by atoms with Crippen molar-refractivity contribution in [1.82, 2.24) is 24.9 Å². The number of aryl methyl sites for hydroxylation is 2. The molecule has 7 heteroatoms. The largest absolute Gasteiger partial charge is 0.457 e. The molecule has 1 aliphatic heterocycles. The van der Waals surface area contributed by atoms with Crippen LogP contribution in [0.15, 0.2) is 40.9 Å². The van der Waals surface area contributed by atoms with Gasteiger partial charge in [0.2, 0.25) is 0 Å².